The van der Waals surface area contributed by atoms with Gasteiger partial charge in [0.25, 0.3) is 0 Å². The smallest absolute Gasteiger partial charge is 0.410 e. The van der Waals surface area contributed by atoms with Gasteiger partial charge in [-0.15, -0.1) is 11.3 Å². The Kier molecular flexibility index (Phi) is 7.33. The van der Waals surface area contributed by atoms with E-state index in [1.54, 1.807) is 28.4 Å². The molecular weight excluding hydrogens is 593 g/mol. The van der Waals surface area contributed by atoms with Gasteiger partial charge in [-0.25, -0.2) is 14.8 Å². The molecular formula is C32H27Cl2N3O4S. The van der Waals surface area contributed by atoms with Gasteiger partial charge < -0.3 is 14.1 Å². The quantitative estimate of drug-likeness (QED) is 0.187. The normalized spacial score (nSPS) is 13.3. The third kappa shape index (κ3) is 5.30. The van der Waals surface area contributed by atoms with Crippen LogP contribution in [0.25, 0.3) is 44.3 Å². The van der Waals surface area contributed by atoms with E-state index in [0.717, 1.165) is 44.1 Å². The van der Waals surface area contributed by atoms with Gasteiger partial charge in [0.15, 0.2) is 5.58 Å². The molecule has 2 aromatic heterocycles. The standard InChI is InChI=1S/C32H27Cl2N3O4S/c1-17-19(21-9-6-10-22(27(21)34)29-35-25-14-18(16-38)13-23(33)28(25)40-29)7-5-8-20(17)30-36-24-11-12-37(15-26(24)42-30)31(39)41-32(2,3)4/h5-10,13-14,16H,11-12,15H2,1-4H3. The maximum Gasteiger partial charge on any atom is 0.410 e. The number of aldehydes is 1. The summed E-state index contributed by atoms with van der Waals surface area (Å²) >= 11 is 14.9. The van der Waals surface area contributed by atoms with Crippen molar-refractivity contribution in [2.45, 2.75) is 46.3 Å². The average molecular weight is 621 g/mol. The van der Waals surface area contributed by atoms with Gasteiger partial charge in [0, 0.05) is 34.5 Å². The van der Waals surface area contributed by atoms with Gasteiger partial charge in [-0.3, -0.25) is 4.79 Å². The molecule has 3 aromatic carbocycles. The van der Waals surface area contributed by atoms with Gasteiger partial charge in [-0.05, 0) is 57.0 Å². The second-order valence-electron chi connectivity index (χ2n) is 11.2. The van der Waals surface area contributed by atoms with Crippen molar-refractivity contribution in [1.82, 2.24) is 14.9 Å². The van der Waals surface area contributed by atoms with E-state index >= 15 is 0 Å². The first-order valence-corrected chi connectivity index (χ1v) is 15.0. The number of carbonyl (C=O) groups excluding carboxylic acids is 2. The number of thiazole rings is 1. The minimum absolute atomic E-state index is 0.304. The SMILES string of the molecule is Cc1c(-c2nc3c(s2)CN(C(=O)OC(C)(C)C)CC3)cccc1-c1cccc(-c2nc3cc(C=O)cc(Cl)c3o2)c1Cl. The second kappa shape index (κ2) is 10.8. The number of carbonyl (C=O) groups is 2. The molecule has 0 unspecified atom stereocenters. The molecule has 0 fully saturated rings. The Hall–Kier alpha value is -3.72. The topological polar surface area (TPSA) is 85.5 Å². The number of hydrogen-bond donors (Lipinski definition) is 0. The van der Waals surface area contributed by atoms with Gasteiger partial charge in [0.05, 0.1) is 27.8 Å². The van der Waals surface area contributed by atoms with Crippen LogP contribution in [0.1, 0.15) is 47.3 Å². The fraction of sp³-hybridized carbons (Fsp3) is 0.250. The molecule has 5 aromatic rings. The summed E-state index contributed by atoms with van der Waals surface area (Å²) in [6, 6.07) is 15.0. The lowest BCUT2D eigenvalue weighted by molar-refractivity contribution is 0.0225. The first-order valence-electron chi connectivity index (χ1n) is 13.4. The largest absolute Gasteiger partial charge is 0.444 e. The zero-order valence-corrected chi connectivity index (χ0v) is 25.8. The van der Waals surface area contributed by atoms with Crippen molar-refractivity contribution in [3.8, 4) is 33.2 Å². The maximum absolute atomic E-state index is 12.7. The van der Waals surface area contributed by atoms with Gasteiger partial charge in [0.2, 0.25) is 5.89 Å². The number of halogens is 2. The first kappa shape index (κ1) is 28.4. The molecule has 42 heavy (non-hydrogen) atoms. The number of benzene rings is 3. The van der Waals surface area contributed by atoms with Crippen LogP contribution in [-0.2, 0) is 17.7 Å². The van der Waals surface area contributed by atoms with Gasteiger partial charge in [-0.1, -0.05) is 53.5 Å². The van der Waals surface area contributed by atoms with Crippen LogP contribution in [-0.4, -0.2) is 39.4 Å². The zero-order valence-electron chi connectivity index (χ0n) is 23.5. The Bertz CT molecular complexity index is 1870. The highest BCUT2D eigenvalue weighted by Gasteiger charge is 2.28. The van der Waals surface area contributed by atoms with Gasteiger partial charge in [0.1, 0.15) is 22.4 Å². The highest BCUT2D eigenvalue weighted by atomic mass is 35.5. The minimum Gasteiger partial charge on any atom is -0.444 e. The molecule has 0 radical (unpaired) electrons. The Labute approximate surface area is 257 Å². The van der Waals surface area contributed by atoms with E-state index in [2.05, 4.69) is 18.0 Å². The van der Waals surface area contributed by atoms with E-state index in [0.29, 0.717) is 57.7 Å². The minimum atomic E-state index is -0.542. The Balaban J connectivity index is 1.34. The third-order valence-corrected chi connectivity index (χ3v) is 8.87. The van der Waals surface area contributed by atoms with Crippen molar-refractivity contribution in [3.63, 3.8) is 0 Å². The molecule has 1 aliphatic rings. The third-order valence-electron chi connectivity index (χ3n) is 7.07. The number of fused-ring (bicyclic) bond motifs is 2. The van der Waals surface area contributed by atoms with Crippen LogP contribution in [0.3, 0.4) is 0 Å². The van der Waals surface area contributed by atoms with Crippen LogP contribution in [0.4, 0.5) is 4.79 Å². The van der Waals surface area contributed by atoms with Crippen LogP contribution in [0.2, 0.25) is 10.0 Å². The summed E-state index contributed by atoms with van der Waals surface area (Å²) < 4.78 is 11.6. The summed E-state index contributed by atoms with van der Waals surface area (Å²) in [5.41, 5.74) is 6.22. The number of hydrogen-bond acceptors (Lipinski definition) is 7. The van der Waals surface area contributed by atoms with E-state index in [4.69, 9.17) is 37.3 Å². The Morgan fingerprint density at radius 1 is 1.05 bits per heavy atom. The average Bonchev–Trinajstić information content (AvgIpc) is 3.57. The molecule has 3 heterocycles. The molecule has 1 aliphatic heterocycles. The van der Waals surface area contributed by atoms with E-state index in [1.165, 1.54) is 0 Å². The van der Waals surface area contributed by atoms with E-state index in [9.17, 15) is 9.59 Å². The summed E-state index contributed by atoms with van der Waals surface area (Å²) in [5.74, 6) is 0.317. The molecule has 1 amide bonds. The monoisotopic (exact) mass is 619 g/mol. The number of rotatable bonds is 4. The Morgan fingerprint density at radius 3 is 2.50 bits per heavy atom. The van der Waals surface area contributed by atoms with Gasteiger partial charge in [-0.2, -0.15) is 0 Å². The van der Waals surface area contributed by atoms with Crippen LogP contribution >= 0.6 is 34.5 Å². The molecule has 214 valence electrons. The van der Waals surface area contributed by atoms with Crippen LogP contribution < -0.4 is 0 Å². The highest BCUT2D eigenvalue weighted by molar-refractivity contribution is 7.15. The number of nitrogens with zero attached hydrogens (tertiary/aromatic N) is 3. The molecule has 0 saturated heterocycles. The molecule has 6 rings (SSSR count). The fourth-order valence-electron chi connectivity index (χ4n) is 5.05. The molecule has 0 atom stereocenters. The molecule has 0 saturated carbocycles. The summed E-state index contributed by atoms with van der Waals surface area (Å²) in [5, 5.41) is 1.70. The van der Waals surface area contributed by atoms with Crippen molar-refractivity contribution < 1.29 is 18.7 Å². The van der Waals surface area contributed by atoms with Crippen LogP contribution in [0.15, 0.2) is 52.9 Å². The molecule has 10 heteroatoms. The van der Waals surface area contributed by atoms with Crippen LogP contribution in [0, 0.1) is 6.92 Å². The number of ether oxygens (including phenoxy) is 1. The lowest BCUT2D eigenvalue weighted by Gasteiger charge is -2.29. The predicted molar refractivity (Wildman–Crippen MR) is 166 cm³/mol. The zero-order chi connectivity index (χ0) is 29.8. The lowest BCUT2D eigenvalue weighted by atomic mass is 9.95. The summed E-state index contributed by atoms with van der Waals surface area (Å²) in [6.07, 6.45) is 1.10. The van der Waals surface area contributed by atoms with Crippen LogP contribution in [0.5, 0.6) is 0 Å². The summed E-state index contributed by atoms with van der Waals surface area (Å²) in [4.78, 5) is 36.3. The highest BCUT2D eigenvalue weighted by Crippen LogP contribution is 2.42. The second-order valence-corrected chi connectivity index (χ2v) is 13.0. The van der Waals surface area contributed by atoms with E-state index < -0.39 is 5.60 Å². The Morgan fingerprint density at radius 2 is 1.76 bits per heavy atom. The van der Waals surface area contributed by atoms with Crippen molar-refractivity contribution in [2.75, 3.05) is 6.54 Å². The first-order chi connectivity index (χ1) is 20.0. The van der Waals surface area contributed by atoms with Crippen molar-refractivity contribution in [3.05, 3.63) is 80.3 Å². The molecule has 0 N–H and O–H groups in total. The summed E-state index contributed by atoms with van der Waals surface area (Å²) in [6.45, 7) is 8.73. The maximum atomic E-state index is 12.7. The van der Waals surface area contributed by atoms with Crippen molar-refractivity contribution in [1.29, 1.82) is 0 Å². The fourth-order valence-corrected chi connectivity index (χ4v) is 6.83. The predicted octanol–water partition coefficient (Wildman–Crippen LogP) is 9.01. The molecule has 7 nitrogen and oxygen atoms in total. The molecule has 0 spiro atoms. The molecule has 0 bridgehead atoms. The number of aromatic nitrogens is 2. The number of amides is 1. The molecule has 0 aliphatic carbocycles. The lowest BCUT2D eigenvalue weighted by Crippen LogP contribution is -2.39. The van der Waals surface area contributed by atoms with Crippen molar-refractivity contribution in [2.24, 2.45) is 0 Å². The van der Waals surface area contributed by atoms with Gasteiger partial charge >= 0.3 is 6.09 Å². The van der Waals surface area contributed by atoms with Crippen molar-refractivity contribution >= 4 is 58.0 Å². The number of oxazole rings is 1. The van der Waals surface area contributed by atoms with E-state index in [1.807, 2.05) is 51.1 Å². The van der Waals surface area contributed by atoms with E-state index in [-0.39, 0.29) is 6.09 Å². The summed E-state index contributed by atoms with van der Waals surface area (Å²) in [7, 11) is 0.